The molecule has 2 aromatic carbocycles. The fourth-order valence-corrected chi connectivity index (χ4v) is 6.56. The molecule has 1 aromatic heterocycles. The van der Waals surface area contributed by atoms with Crippen LogP contribution in [0.1, 0.15) is 35.0 Å². The highest BCUT2D eigenvalue weighted by molar-refractivity contribution is 7.91. The van der Waals surface area contributed by atoms with Crippen LogP contribution in [-0.4, -0.2) is 55.3 Å². The molecular weight excluding hydrogens is 532 g/mol. The van der Waals surface area contributed by atoms with Crippen LogP contribution in [0.3, 0.4) is 0 Å². The monoisotopic (exact) mass is 556 g/mol. The number of sulfone groups is 1. The van der Waals surface area contributed by atoms with Crippen molar-refractivity contribution < 1.29 is 32.0 Å². The maximum absolute atomic E-state index is 13.8. The molecular formula is C30H24N2O7S. The smallest absolute Gasteiger partial charge is 0.338 e. The van der Waals surface area contributed by atoms with Gasteiger partial charge in [-0.05, 0) is 49.2 Å². The molecule has 202 valence electrons. The number of furan rings is 1. The van der Waals surface area contributed by atoms with E-state index in [0.717, 1.165) is 4.90 Å². The highest BCUT2D eigenvalue weighted by atomic mass is 32.2. The summed E-state index contributed by atoms with van der Waals surface area (Å²) >= 11 is 0. The molecule has 0 saturated carbocycles. The predicted molar refractivity (Wildman–Crippen MR) is 146 cm³/mol. The van der Waals surface area contributed by atoms with Gasteiger partial charge in [0.05, 0.1) is 35.3 Å². The van der Waals surface area contributed by atoms with Crippen molar-refractivity contribution in [2.45, 2.75) is 19.4 Å². The van der Waals surface area contributed by atoms with Gasteiger partial charge < -0.3 is 9.15 Å². The highest BCUT2D eigenvalue weighted by Crippen LogP contribution is 2.37. The Morgan fingerprint density at radius 2 is 1.77 bits per heavy atom. The molecule has 2 aliphatic heterocycles. The largest absolute Gasteiger partial charge is 0.462 e. The number of carbonyl (C=O) groups excluding carboxylic acids is 3. The molecule has 2 amide bonds. The number of carbonyl (C=O) groups is 3. The molecule has 40 heavy (non-hydrogen) atoms. The van der Waals surface area contributed by atoms with E-state index in [1.807, 2.05) is 6.07 Å². The van der Waals surface area contributed by atoms with Gasteiger partial charge in [-0.1, -0.05) is 42.5 Å². The summed E-state index contributed by atoms with van der Waals surface area (Å²) < 4.78 is 35.3. The number of imide groups is 1. The minimum atomic E-state index is -3.41. The van der Waals surface area contributed by atoms with Crippen molar-refractivity contribution in [1.82, 2.24) is 4.90 Å². The number of ether oxygens (including phenoxy) is 1. The average Bonchev–Trinajstić information content (AvgIpc) is 3.56. The van der Waals surface area contributed by atoms with E-state index in [1.54, 1.807) is 73.7 Å². The molecule has 1 atom stereocenters. The predicted octanol–water partition coefficient (Wildman–Crippen LogP) is 4.04. The second-order valence-electron chi connectivity index (χ2n) is 9.32. The Hall–Kier alpha value is -4.75. The molecule has 2 aliphatic rings. The summed E-state index contributed by atoms with van der Waals surface area (Å²) in [7, 11) is -3.41. The lowest BCUT2D eigenvalue weighted by Crippen LogP contribution is -2.49. The summed E-state index contributed by atoms with van der Waals surface area (Å²) in [5.41, 5.74) is 1.52. The van der Waals surface area contributed by atoms with Crippen LogP contribution >= 0.6 is 0 Å². The number of esters is 1. The van der Waals surface area contributed by atoms with Crippen molar-refractivity contribution in [3.8, 4) is 17.4 Å². The van der Waals surface area contributed by atoms with Gasteiger partial charge in [0.2, 0.25) is 0 Å². The van der Waals surface area contributed by atoms with Gasteiger partial charge in [0.25, 0.3) is 11.8 Å². The van der Waals surface area contributed by atoms with E-state index in [1.165, 1.54) is 6.08 Å². The molecule has 9 nitrogen and oxygen atoms in total. The molecule has 3 heterocycles. The van der Waals surface area contributed by atoms with Crippen molar-refractivity contribution in [3.63, 3.8) is 0 Å². The normalized spacial score (nSPS) is 19.6. The lowest BCUT2D eigenvalue weighted by atomic mass is 9.87. The van der Waals surface area contributed by atoms with Crippen LogP contribution in [0.2, 0.25) is 0 Å². The lowest BCUT2D eigenvalue weighted by Gasteiger charge is -2.32. The fraction of sp³-hybridized carbons (Fsp3) is 0.200. The first kappa shape index (κ1) is 26.8. The number of rotatable bonds is 6. The van der Waals surface area contributed by atoms with E-state index in [-0.39, 0.29) is 47.0 Å². The standard InChI is InChI=1S/C30H24N2O7S/c1-2-38-30(35)21-10-8-19(9-11-21)26-13-12-23(39-26)16-24-27(20-6-4-3-5-7-20)25(17-31)29(34)32(28(24)33)22-14-15-40(36,37)18-22/h3-13,16,22H,2,14-15,18H2,1H3/b24-16-. The molecule has 5 rings (SSSR count). The van der Waals surface area contributed by atoms with Crippen LogP contribution in [0.25, 0.3) is 23.0 Å². The van der Waals surface area contributed by atoms with E-state index in [4.69, 9.17) is 9.15 Å². The molecule has 0 spiro atoms. The molecule has 0 aliphatic carbocycles. The first-order chi connectivity index (χ1) is 19.2. The average molecular weight is 557 g/mol. The molecule has 1 fully saturated rings. The number of hydrogen-bond acceptors (Lipinski definition) is 8. The van der Waals surface area contributed by atoms with Gasteiger partial charge in [0.1, 0.15) is 23.2 Å². The Balaban J connectivity index is 1.57. The third-order valence-electron chi connectivity index (χ3n) is 6.74. The van der Waals surface area contributed by atoms with E-state index in [9.17, 15) is 28.1 Å². The third-order valence-corrected chi connectivity index (χ3v) is 8.49. The Morgan fingerprint density at radius 1 is 1.05 bits per heavy atom. The van der Waals surface area contributed by atoms with Gasteiger partial charge >= 0.3 is 5.97 Å². The number of benzene rings is 2. The van der Waals surface area contributed by atoms with E-state index < -0.39 is 33.7 Å². The van der Waals surface area contributed by atoms with Crippen LogP contribution in [0.4, 0.5) is 0 Å². The molecule has 1 unspecified atom stereocenters. The number of amides is 2. The summed E-state index contributed by atoms with van der Waals surface area (Å²) in [5.74, 6) is -1.67. The second kappa shape index (κ2) is 10.8. The van der Waals surface area contributed by atoms with Gasteiger partial charge in [-0.2, -0.15) is 5.26 Å². The maximum Gasteiger partial charge on any atom is 0.338 e. The van der Waals surface area contributed by atoms with Crippen molar-refractivity contribution in [2.24, 2.45) is 0 Å². The Kier molecular flexibility index (Phi) is 7.24. The van der Waals surface area contributed by atoms with Crippen LogP contribution in [0.15, 0.2) is 82.3 Å². The molecule has 0 N–H and O–H groups in total. The zero-order valence-electron chi connectivity index (χ0n) is 21.5. The zero-order valence-corrected chi connectivity index (χ0v) is 22.3. The van der Waals surface area contributed by atoms with Gasteiger partial charge in [0.15, 0.2) is 9.84 Å². The Morgan fingerprint density at radius 3 is 2.40 bits per heavy atom. The number of hydrogen-bond donors (Lipinski definition) is 0. The first-order valence-electron chi connectivity index (χ1n) is 12.6. The minimum Gasteiger partial charge on any atom is -0.462 e. The summed E-state index contributed by atoms with van der Waals surface area (Å²) in [5, 5.41) is 10.0. The molecule has 0 bridgehead atoms. The maximum atomic E-state index is 13.8. The van der Waals surface area contributed by atoms with E-state index in [0.29, 0.717) is 22.5 Å². The quantitative estimate of drug-likeness (QED) is 0.252. The lowest BCUT2D eigenvalue weighted by molar-refractivity contribution is -0.142. The van der Waals surface area contributed by atoms with Gasteiger partial charge in [0, 0.05) is 11.1 Å². The van der Waals surface area contributed by atoms with Crippen molar-refractivity contribution in [2.75, 3.05) is 18.1 Å². The third kappa shape index (κ3) is 5.11. The molecule has 3 aromatic rings. The van der Waals surface area contributed by atoms with Crippen LogP contribution in [0.5, 0.6) is 0 Å². The number of nitriles is 1. The van der Waals surface area contributed by atoms with Crippen LogP contribution in [-0.2, 0) is 24.2 Å². The SMILES string of the molecule is CCOC(=O)c1ccc(-c2ccc(/C=C3\C(=O)N(C4CCS(=O)(=O)C4)C(=O)C(C#N)=C3c3ccccc3)o2)cc1. The van der Waals surface area contributed by atoms with Crippen LogP contribution < -0.4 is 0 Å². The highest BCUT2D eigenvalue weighted by Gasteiger charge is 2.45. The second-order valence-corrected chi connectivity index (χ2v) is 11.6. The summed E-state index contributed by atoms with van der Waals surface area (Å²) in [4.78, 5) is 40.1. The van der Waals surface area contributed by atoms with Gasteiger partial charge in [-0.3, -0.25) is 14.5 Å². The summed E-state index contributed by atoms with van der Waals surface area (Å²) in [6.07, 6.45) is 1.57. The van der Waals surface area contributed by atoms with Gasteiger partial charge in [-0.15, -0.1) is 0 Å². The Bertz CT molecular complexity index is 1710. The van der Waals surface area contributed by atoms with E-state index in [2.05, 4.69) is 0 Å². The molecule has 10 heteroatoms. The Labute approximate surface area is 230 Å². The molecule has 1 saturated heterocycles. The summed E-state index contributed by atoms with van der Waals surface area (Å²) in [6.45, 7) is 1.99. The van der Waals surface area contributed by atoms with Crippen molar-refractivity contribution in [1.29, 1.82) is 5.26 Å². The van der Waals surface area contributed by atoms with Gasteiger partial charge in [-0.25, -0.2) is 13.2 Å². The fourth-order valence-electron chi connectivity index (χ4n) is 4.86. The van der Waals surface area contributed by atoms with E-state index >= 15 is 0 Å². The summed E-state index contributed by atoms with van der Waals surface area (Å²) in [6, 6.07) is 19.7. The van der Waals surface area contributed by atoms with Crippen molar-refractivity contribution >= 4 is 39.3 Å². The molecule has 0 radical (unpaired) electrons. The minimum absolute atomic E-state index is 0.0465. The van der Waals surface area contributed by atoms with Crippen molar-refractivity contribution in [3.05, 3.63) is 94.8 Å². The van der Waals surface area contributed by atoms with Crippen LogP contribution in [0, 0.1) is 11.3 Å². The number of nitrogens with zero attached hydrogens (tertiary/aromatic N) is 2. The first-order valence-corrected chi connectivity index (χ1v) is 14.4. The zero-order chi connectivity index (χ0) is 28.4. The topological polar surface area (TPSA) is 135 Å².